The highest BCUT2D eigenvalue weighted by atomic mass is 32.2. The van der Waals surface area contributed by atoms with Crippen molar-refractivity contribution < 1.29 is 4.79 Å². The fourth-order valence-corrected chi connectivity index (χ4v) is 4.36. The predicted molar refractivity (Wildman–Crippen MR) is 105 cm³/mol. The van der Waals surface area contributed by atoms with E-state index in [4.69, 9.17) is 0 Å². The van der Waals surface area contributed by atoms with Crippen LogP contribution in [0.1, 0.15) is 17.0 Å². The van der Waals surface area contributed by atoms with Crippen LogP contribution < -0.4 is 0 Å². The normalized spacial score (nSPS) is 10.8. The molecule has 2 aromatic heterocycles. The Morgan fingerprint density at radius 1 is 1.20 bits per heavy atom. The van der Waals surface area contributed by atoms with Crippen LogP contribution in [0.4, 0.5) is 0 Å². The number of aromatic nitrogens is 2. The summed E-state index contributed by atoms with van der Waals surface area (Å²) < 4.78 is 3.12. The first-order valence-corrected chi connectivity index (χ1v) is 9.93. The minimum Gasteiger partial charge on any atom is -0.341 e. The van der Waals surface area contributed by atoms with Crippen LogP contribution in [-0.2, 0) is 11.3 Å². The largest absolute Gasteiger partial charge is 0.341 e. The molecule has 6 heteroatoms. The van der Waals surface area contributed by atoms with Crippen molar-refractivity contribution in [1.29, 1.82) is 0 Å². The van der Waals surface area contributed by atoms with Gasteiger partial charge >= 0.3 is 0 Å². The summed E-state index contributed by atoms with van der Waals surface area (Å²) in [5, 5.41) is 6.68. The summed E-state index contributed by atoms with van der Waals surface area (Å²) in [6.45, 7) is 4.63. The second-order valence-corrected chi connectivity index (χ2v) is 8.09. The Morgan fingerprint density at radius 3 is 2.64 bits per heavy atom. The summed E-state index contributed by atoms with van der Waals surface area (Å²) in [4.78, 5) is 14.2. The Morgan fingerprint density at radius 2 is 1.96 bits per heavy atom. The highest BCUT2D eigenvalue weighted by Crippen LogP contribution is 2.24. The zero-order chi connectivity index (χ0) is 17.8. The van der Waals surface area contributed by atoms with E-state index in [1.54, 1.807) is 28.0 Å². The second-order valence-electron chi connectivity index (χ2n) is 5.87. The average molecular weight is 372 g/mol. The van der Waals surface area contributed by atoms with Crippen molar-refractivity contribution in [3.05, 3.63) is 64.8 Å². The smallest absolute Gasteiger partial charge is 0.233 e. The van der Waals surface area contributed by atoms with E-state index in [0.717, 1.165) is 22.6 Å². The number of carbonyl (C=O) groups excluding carboxylic acids is 1. The molecule has 0 fully saturated rings. The SMILES string of the molecule is Cc1nn(-c2ccccc2)c(C)c1CN(C)C(=O)CSc1cccs1. The van der Waals surface area contributed by atoms with Gasteiger partial charge in [0.25, 0.3) is 0 Å². The van der Waals surface area contributed by atoms with Crippen LogP contribution in [0.15, 0.2) is 52.1 Å². The van der Waals surface area contributed by atoms with Crippen molar-refractivity contribution >= 4 is 29.0 Å². The summed E-state index contributed by atoms with van der Waals surface area (Å²) in [6.07, 6.45) is 0. The molecular weight excluding hydrogens is 350 g/mol. The van der Waals surface area contributed by atoms with Gasteiger partial charge in [-0.15, -0.1) is 23.1 Å². The minimum atomic E-state index is 0.129. The number of thiophene rings is 1. The van der Waals surface area contributed by atoms with E-state index in [0.29, 0.717) is 12.3 Å². The van der Waals surface area contributed by atoms with E-state index in [2.05, 4.69) is 12.0 Å². The van der Waals surface area contributed by atoms with Crippen molar-refractivity contribution in [3.8, 4) is 5.69 Å². The lowest BCUT2D eigenvalue weighted by Crippen LogP contribution is -2.28. The van der Waals surface area contributed by atoms with E-state index >= 15 is 0 Å². The van der Waals surface area contributed by atoms with E-state index in [9.17, 15) is 4.79 Å². The van der Waals surface area contributed by atoms with E-state index in [-0.39, 0.29) is 5.91 Å². The summed E-state index contributed by atoms with van der Waals surface area (Å²) in [5.41, 5.74) is 4.19. The number of hydrogen-bond acceptors (Lipinski definition) is 4. The molecule has 0 N–H and O–H groups in total. The topological polar surface area (TPSA) is 38.1 Å². The van der Waals surface area contributed by atoms with Gasteiger partial charge < -0.3 is 4.90 Å². The van der Waals surface area contributed by atoms with Gasteiger partial charge in [-0.2, -0.15) is 5.10 Å². The molecule has 0 radical (unpaired) electrons. The van der Waals surface area contributed by atoms with Gasteiger partial charge in [-0.1, -0.05) is 24.3 Å². The number of hydrogen-bond donors (Lipinski definition) is 0. The Balaban J connectivity index is 1.70. The minimum absolute atomic E-state index is 0.129. The third-order valence-corrected chi connectivity index (χ3v) is 6.21. The molecule has 0 saturated carbocycles. The maximum absolute atomic E-state index is 12.4. The molecule has 1 aromatic carbocycles. The van der Waals surface area contributed by atoms with Gasteiger partial charge in [0.15, 0.2) is 0 Å². The molecule has 1 amide bonds. The summed E-state index contributed by atoms with van der Waals surface area (Å²) in [5.74, 6) is 0.590. The summed E-state index contributed by atoms with van der Waals surface area (Å²) in [7, 11) is 1.86. The highest BCUT2D eigenvalue weighted by Gasteiger charge is 2.17. The molecule has 0 aliphatic heterocycles. The molecule has 2 heterocycles. The van der Waals surface area contributed by atoms with Gasteiger partial charge in [0.2, 0.25) is 5.91 Å². The molecule has 4 nitrogen and oxygen atoms in total. The Hall–Kier alpha value is -2.05. The lowest BCUT2D eigenvalue weighted by Gasteiger charge is -2.17. The molecule has 130 valence electrons. The van der Waals surface area contributed by atoms with Crippen LogP contribution in [0.3, 0.4) is 0 Å². The zero-order valence-corrected chi connectivity index (χ0v) is 16.2. The average Bonchev–Trinajstić information content (AvgIpc) is 3.24. The molecule has 0 aliphatic carbocycles. The fourth-order valence-electron chi connectivity index (χ4n) is 2.64. The maximum atomic E-state index is 12.4. The van der Waals surface area contributed by atoms with Crippen LogP contribution in [-0.4, -0.2) is 33.4 Å². The van der Waals surface area contributed by atoms with Gasteiger partial charge in [0.1, 0.15) is 0 Å². The number of aryl methyl sites for hydroxylation is 1. The monoisotopic (exact) mass is 371 g/mol. The molecule has 25 heavy (non-hydrogen) atoms. The van der Waals surface area contributed by atoms with Gasteiger partial charge in [0.05, 0.1) is 21.3 Å². The Labute approximate surface area is 156 Å². The van der Waals surface area contributed by atoms with Crippen LogP contribution in [0.25, 0.3) is 5.69 Å². The first kappa shape index (κ1) is 17.8. The molecule has 0 bridgehead atoms. The molecule has 3 aromatic rings. The first-order valence-electron chi connectivity index (χ1n) is 8.07. The van der Waals surface area contributed by atoms with E-state index < -0.39 is 0 Å². The quantitative estimate of drug-likeness (QED) is 0.606. The first-order chi connectivity index (χ1) is 12.1. The van der Waals surface area contributed by atoms with Gasteiger partial charge in [-0.05, 0) is 37.4 Å². The van der Waals surface area contributed by atoms with Crippen molar-refractivity contribution in [2.45, 2.75) is 24.6 Å². The van der Waals surface area contributed by atoms with Crippen LogP contribution in [0, 0.1) is 13.8 Å². The number of thioether (sulfide) groups is 1. The van der Waals surface area contributed by atoms with Crippen molar-refractivity contribution in [1.82, 2.24) is 14.7 Å². The third-order valence-electron chi connectivity index (χ3n) is 4.10. The number of amides is 1. The summed E-state index contributed by atoms with van der Waals surface area (Å²) >= 11 is 3.26. The predicted octanol–water partition coefficient (Wildman–Crippen LogP) is 4.30. The van der Waals surface area contributed by atoms with Crippen molar-refractivity contribution in [2.24, 2.45) is 0 Å². The number of carbonyl (C=O) groups is 1. The molecule has 3 rings (SSSR count). The molecule has 0 spiro atoms. The van der Waals surface area contributed by atoms with Crippen LogP contribution in [0.5, 0.6) is 0 Å². The molecular formula is C19H21N3OS2. The molecule has 0 saturated heterocycles. The van der Waals surface area contributed by atoms with Crippen LogP contribution in [0.2, 0.25) is 0 Å². The number of benzene rings is 1. The second kappa shape index (κ2) is 7.89. The Bertz CT molecular complexity index is 841. The number of para-hydroxylation sites is 1. The highest BCUT2D eigenvalue weighted by molar-refractivity contribution is 8.01. The zero-order valence-electron chi connectivity index (χ0n) is 14.6. The van der Waals surface area contributed by atoms with Crippen molar-refractivity contribution in [3.63, 3.8) is 0 Å². The standard InChI is InChI=1S/C19H21N3OS2/c1-14-17(15(2)22(20-14)16-8-5-4-6-9-16)12-21(3)18(23)13-25-19-10-7-11-24-19/h4-11H,12-13H2,1-3H3. The number of nitrogens with zero attached hydrogens (tertiary/aromatic N) is 3. The summed E-state index contributed by atoms with van der Waals surface area (Å²) in [6, 6.07) is 14.1. The third kappa shape index (κ3) is 4.14. The number of rotatable bonds is 6. The molecule has 0 unspecified atom stereocenters. The molecule has 0 aliphatic rings. The van der Waals surface area contributed by atoms with Gasteiger partial charge in [-0.3, -0.25) is 4.79 Å². The fraction of sp³-hybridized carbons (Fsp3) is 0.263. The van der Waals surface area contributed by atoms with Crippen LogP contribution >= 0.6 is 23.1 Å². The molecule has 0 atom stereocenters. The van der Waals surface area contributed by atoms with Gasteiger partial charge in [0, 0.05) is 24.8 Å². The lowest BCUT2D eigenvalue weighted by molar-refractivity contribution is -0.127. The lowest BCUT2D eigenvalue weighted by atomic mass is 10.2. The van der Waals surface area contributed by atoms with E-state index in [1.165, 1.54) is 4.21 Å². The van der Waals surface area contributed by atoms with Gasteiger partial charge in [-0.25, -0.2) is 4.68 Å². The van der Waals surface area contributed by atoms with E-state index in [1.807, 2.05) is 66.5 Å². The Kier molecular flexibility index (Phi) is 5.60. The maximum Gasteiger partial charge on any atom is 0.233 e. The van der Waals surface area contributed by atoms with Crippen molar-refractivity contribution in [2.75, 3.05) is 12.8 Å².